The van der Waals surface area contributed by atoms with Gasteiger partial charge in [0.05, 0.1) is 0 Å². The highest BCUT2D eigenvalue weighted by Crippen LogP contribution is 2.23. The van der Waals surface area contributed by atoms with Gasteiger partial charge in [0.2, 0.25) is 5.91 Å². The van der Waals surface area contributed by atoms with Crippen molar-refractivity contribution in [2.45, 2.75) is 26.7 Å². The zero-order valence-electron chi connectivity index (χ0n) is 12.8. The van der Waals surface area contributed by atoms with Gasteiger partial charge >= 0.3 is 0 Å². The van der Waals surface area contributed by atoms with Crippen molar-refractivity contribution >= 4 is 17.7 Å². The fraction of sp³-hybridized carbons (Fsp3) is 0.211. The van der Waals surface area contributed by atoms with E-state index in [2.05, 4.69) is 19.2 Å². The monoisotopic (exact) mass is 279 g/mol. The molecule has 0 saturated heterocycles. The molecule has 0 bridgehead atoms. The van der Waals surface area contributed by atoms with Crippen molar-refractivity contribution in [3.63, 3.8) is 0 Å². The second-order valence-electron chi connectivity index (χ2n) is 5.48. The Bertz CT molecular complexity index is 639. The number of benzene rings is 2. The molecule has 0 radical (unpaired) electrons. The van der Waals surface area contributed by atoms with Crippen LogP contribution in [0.4, 0.5) is 5.69 Å². The number of carbonyl (C=O) groups excluding carboxylic acids is 1. The van der Waals surface area contributed by atoms with Gasteiger partial charge in [0.25, 0.3) is 0 Å². The maximum absolute atomic E-state index is 12.0. The van der Waals surface area contributed by atoms with Crippen molar-refractivity contribution < 1.29 is 4.79 Å². The molecule has 0 spiro atoms. The first-order valence-corrected chi connectivity index (χ1v) is 7.21. The standard InChI is InChI=1S/C19H21NO/c1-14(2)17-6-4-5-7-18(17)20-19(21)13-12-16-10-8-15(3)9-11-16/h4-14H,1-3H3,(H,20,21). The highest BCUT2D eigenvalue weighted by molar-refractivity contribution is 6.02. The van der Waals surface area contributed by atoms with Gasteiger partial charge in [0.1, 0.15) is 0 Å². The predicted octanol–water partition coefficient (Wildman–Crippen LogP) is 4.77. The fourth-order valence-electron chi connectivity index (χ4n) is 2.14. The third-order valence-corrected chi connectivity index (χ3v) is 3.35. The van der Waals surface area contributed by atoms with E-state index in [1.54, 1.807) is 6.08 Å². The molecule has 0 saturated carbocycles. The average molecular weight is 279 g/mol. The van der Waals surface area contributed by atoms with Crippen molar-refractivity contribution in [3.05, 3.63) is 71.3 Å². The van der Waals surface area contributed by atoms with E-state index in [1.807, 2.05) is 61.5 Å². The van der Waals surface area contributed by atoms with Crippen LogP contribution in [0, 0.1) is 6.92 Å². The molecule has 1 amide bonds. The predicted molar refractivity (Wildman–Crippen MR) is 89.4 cm³/mol. The summed E-state index contributed by atoms with van der Waals surface area (Å²) in [6, 6.07) is 16.0. The number of rotatable bonds is 4. The molecule has 2 nitrogen and oxygen atoms in total. The zero-order chi connectivity index (χ0) is 15.2. The van der Waals surface area contributed by atoms with E-state index in [0.717, 1.165) is 16.8 Å². The largest absolute Gasteiger partial charge is 0.322 e. The number of amides is 1. The van der Waals surface area contributed by atoms with Gasteiger partial charge in [-0.25, -0.2) is 0 Å². The Kier molecular flexibility index (Phi) is 4.94. The number of nitrogens with one attached hydrogen (secondary N) is 1. The highest BCUT2D eigenvalue weighted by Gasteiger charge is 2.07. The Morgan fingerprint density at radius 1 is 1.05 bits per heavy atom. The number of para-hydroxylation sites is 1. The molecule has 0 aliphatic heterocycles. The van der Waals surface area contributed by atoms with E-state index < -0.39 is 0 Å². The van der Waals surface area contributed by atoms with Crippen LogP contribution in [0.5, 0.6) is 0 Å². The van der Waals surface area contributed by atoms with E-state index in [4.69, 9.17) is 0 Å². The fourth-order valence-corrected chi connectivity index (χ4v) is 2.14. The first-order valence-electron chi connectivity index (χ1n) is 7.21. The Labute approximate surface area is 126 Å². The third kappa shape index (κ3) is 4.32. The molecule has 0 unspecified atom stereocenters. The molecule has 21 heavy (non-hydrogen) atoms. The van der Waals surface area contributed by atoms with Gasteiger partial charge in [0, 0.05) is 11.8 Å². The summed E-state index contributed by atoms with van der Waals surface area (Å²) in [5.74, 6) is 0.270. The molecule has 108 valence electrons. The smallest absolute Gasteiger partial charge is 0.248 e. The van der Waals surface area contributed by atoms with Gasteiger partial charge in [0.15, 0.2) is 0 Å². The van der Waals surface area contributed by atoms with Crippen LogP contribution >= 0.6 is 0 Å². The molecule has 0 aliphatic rings. The van der Waals surface area contributed by atoms with Gasteiger partial charge in [-0.05, 0) is 36.1 Å². The number of hydrogen-bond acceptors (Lipinski definition) is 1. The topological polar surface area (TPSA) is 29.1 Å². The summed E-state index contributed by atoms with van der Waals surface area (Å²) in [6.07, 6.45) is 3.40. The van der Waals surface area contributed by atoms with Gasteiger partial charge in [-0.1, -0.05) is 61.9 Å². The van der Waals surface area contributed by atoms with E-state index in [0.29, 0.717) is 5.92 Å². The molecule has 2 rings (SSSR count). The molecule has 0 aromatic heterocycles. The minimum absolute atomic E-state index is 0.108. The van der Waals surface area contributed by atoms with E-state index >= 15 is 0 Å². The van der Waals surface area contributed by atoms with Crippen molar-refractivity contribution in [1.82, 2.24) is 0 Å². The molecule has 2 aromatic rings. The third-order valence-electron chi connectivity index (χ3n) is 3.35. The maximum Gasteiger partial charge on any atom is 0.248 e. The zero-order valence-corrected chi connectivity index (χ0v) is 12.8. The first kappa shape index (κ1) is 15.0. The van der Waals surface area contributed by atoms with E-state index in [9.17, 15) is 4.79 Å². The van der Waals surface area contributed by atoms with Crippen LogP contribution < -0.4 is 5.32 Å². The first-order chi connectivity index (χ1) is 10.1. The number of hydrogen-bond donors (Lipinski definition) is 1. The van der Waals surface area contributed by atoms with E-state index in [-0.39, 0.29) is 5.91 Å². The Morgan fingerprint density at radius 2 is 1.71 bits per heavy atom. The lowest BCUT2D eigenvalue weighted by molar-refractivity contribution is -0.111. The molecule has 0 fully saturated rings. The maximum atomic E-state index is 12.0. The average Bonchev–Trinajstić information content (AvgIpc) is 2.47. The van der Waals surface area contributed by atoms with Crippen LogP contribution in [-0.4, -0.2) is 5.91 Å². The second-order valence-corrected chi connectivity index (χ2v) is 5.48. The van der Waals surface area contributed by atoms with Crippen LogP contribution in [0.15, 0.2) is 54.6 Å². The summed E-state index contributed by atoms with van der Waals surface area (Å²) in [6.45, 7) is 6.28. The van der Waals surface area contributed by atoms with Crippen LogP contribution in [-0.2, 0) is 4.79 Å². The van der Waals surface area contributed by atoms with Crippen molar-refractivity contribution in [2.75, 3.05) is 5.32 Å². The Hall–Kier alpha value is -2.35. The van der Waals surface area contributed by atoms with Gasteiger partial charge in [-0.2, -0.15) is 0 Å². The molecule has 0 atom stereocenters. The lowest BCUT2D eigenvalue weighted by Gasteiger charge is -2.12. The normalized spacial score (nSPS) is 11.0. The quantitative estimate of drug-likeness (QED) is 0.802. The summed E-state index contributed by atoms with van der Waals surface area (Å²) >= 11 is 0. The van der Waals surface area contributed by atoms with Gasteiger partial charge in [-0.15, -0.1) is 0 Å². The van der Waals surface area contributed by atoms with Crippen molar-refractivity contribution in [3.8, 4) is 0 Å². The van der Waals surface area contributed by atoms with Crippen LogP contribution in [0.2, 0.25) is 0 Å². The number of aryl methyl sites for hydroxylation is 1. The molecule has 1 N–H and O–H groups in total. The molecular weight excluding hydrogens is 258 g/mol. The summed E-state index contributed by atoms with van der Waals surface area (Å²) in [5, 5.41) is 2.95. The van der Waals surface area contributed by atoms with Gasteiger partial charge in [-0.3, -0.25) is 4.79 Å². The summed E-state index contributed by atoms with van der Waals surface area (Å²) in [4.78, 5) is 12.0. The molecule has 2 aromatic carbocycles. The van der Waals surface area contributed by atoms with Crippen LogP contribution in [0.3, 0.4) is 0 Å². The molecular formula is C19H21NO. The summed E-state index contributed by atoms with van der Waals surface area (Å²) < 4.78 is 0. The lowest BCUT2D eigenvalue weighted by Crippen LogP contribution is -2.10. The second kappa shape index (κ2) is 6.89. The SMILES string of the molecule is Cc1ccc(C=CC(=O)Nc2ccccc2C(C)C)cc1. The van der Waals surface area contributed by atoms with Gasteiger partial charge < -0.3 is 5.32 Å². The van der Waals surface area contributed by atoms with Crippen LogP contribution in [0.1, 0.15) is 36.5 Å². The number of anilines is 1. The van der Waals surface area contributed by atoms with Crippen molar-refractivity contribution in [2.24, 2.45) is 0 Å². The van der Waals surface area contributed by atoms with Crippen LogP contribution in [0.25, 0.3) is 6.08 Å². The minimum Gasteiger partial charge on any atom is -0.322 e. The number of carbonyl (C=O) groups is 1. The Balaban J connectivity index is 2.07. The highest BCUT2D eigenvalue weighted by atomic mass is 16.1. The molecule has 0 heterocycles. The summed E-state index contributed by atoms with van der Waals surface area (Å²) in [7, 11) is 0. The molecule has 0 aliphatic carbocycles. The van der Waals surface area contributed by atoms with E-state index in [1.165, 1.54) is 5.56 Å². The Morgan fingerprint density at radius 3 is 2.38 bits per heavy atom. The minimum atomic E-state index is -0.108. The molecule has 2 heteroatoms. The van der Waals surface area contributed by atoms with Crippen molar-refractivity contribution in [1.29, 1.82) is 0 Å². The summed E-state index contributed by atoms with van der Waals surface area (Å²) in [5.41, 5.74) is 4.26. The lowest BCUT2D eigenvalue weighted by atomic mass is 10.0.